The van der Waals surface area contributed by atoms with Crippen molar-refractivity contribution in [2.24, 2.45) is 0 Å². The van der Waals surface area contributed by atoms with Crippen molar-refractivity contribution in [3.05, 3.63) is 30.1 Å². The zero-order chi connectivity index (χ0) is 12.8. The van der Waals surface area contributed by atoms with E-state index >= 15 is 0 Å². The summed E-state index contributed by atoms with van der Waals surface area (Å²) in [5.74, 6) is 0.792. The summed E-state index contributed by atoms with van der Waals surface area (Å²) in [5, 5.41) is 0.454. The first-order valence-electron chi connectivity index (χ1n) is 5.31. The van der Waals surface area contributed by atoms with Crippen molar-refractivity contribution in [3.63, 3.8) is 0 Å². The van der Waals surface area contributed by atoms with Crippen LogP contribution in [0.1, 0.15) is 5.69 Å². The molecular formula is C12H8F3NO2. The minimum Gasteiger partial charge on any atom is -0.486 e. The summed E-state index contributed by atoms with van der Waals surface area (Å²) in [6, 6.07) is 4.39. The highest BCUT2D eigenvalue weighted by molar-refractivity contribution is 5.88. The Morgan fingerprint density at radius 2 is 1.72 bits per heavy atom. The van der Waals surface area contributed by atoms with Crippen molar-refractivity contribution in [3.8, 4) is 11.5 Å². The summed E-state index contributed by atoms with van der Waals surface area (Å²) in [4.78, 5) is 3.41. The highest BCUT2D eigenvalue weighted by atomic mass is 19.4. The van der Waals surface area contributed by atoms with E-state index in [9.17, 15) is 13.2 Å². The largest absolute Gasteiger partial charge is 0.486 e. The van der Waals surface area contributed by atoms with Crippen LogP contribution in [0.4, 0.5) is 13.2 Å². The Bertz CT molecular complexity index is 610. The van der Waals surface area contributed by atoms with Gasteiger partial charge < -0.3 is 9.47 Å². The molecule has 1 aromatic carbocycles. The maximum absolute atomic E-state index is 12.8. The van der Waals surface area contributed by atoms with Gasteiger partial charge in [0.1, 0.15) is 13.2 Å². The molecule has 2 heterocycles. The molecule has 0 saturated heterocycles. The Morgan fingerprint density at radius 1 is 1.06 bits per heavy atom. The van der Waals surface area contributed by atoms with Gasteiger partial charge in [-0.15, -0.1) is 0 Å². The molecule has 0 radical (unpaired) electrons. The Morgan fingerprint density at radius 3 is 2.39 bits per heavy atom. The molecule has 3 rings (SSSR count). The third-order valence-corrected chi connectivity index (χ3v) is 2.70. The van der Waals surface area contributed by atoms with E-state index in [0.717, 1.165) is 6.20 Å². The number of hydrogen-bond donors (Lipinski definition) is 0. The van der Waals surface area contributed by atoms with Crippen LogP contribution in [-0.2, 0) is 6.18 Å². The van der Waals surface area contributed by atoms with Gasteiger partial charge in [0.15, 0.2) is 17.2 Å². The molecule has 0 aliphatic carbocycles. The predicted octanol–water partition coefficient (Wildman–Crippen LogP) is 3.02. The van der Waals surface area contributed by atoms with Gasteiger partial charge in [0.2, 0.25) is 0 Å². The quantitative estimate of drug-likeness (QED) is 0.725. The molecule has 1 aliphatic rings. The van der Waals surface area contributed by atoms with Gasteiger partial charge in [-0.25, -0.2) is 0 Å². The lowest BCUT2D eigenvalue weighted by atomic mass is 10.1. The molecule has 1 aliphatic heterocycles. The Kier molecular flexibility index (Phi) is 2.33. The molecule has 94 valence electrons. The van der Waals surface area contributed by atoms with Crippen LogP contribution < -0.4 is 9.47 Å². The summed E-state index contributed by atoms with van der Waals surface area (Å²) in [5.41, 5.74) is -0.906. The summed E-state index contributed by atoms with van der Waals surface area (Å²) in [6.45, 7) is 0.732. The van der Waals surface area contributed by atoms with E-state index < -0.39 is 11.9 Å². The molecule has 0 bridgehead atoms. The lowest BCUT2D eigenvalue weighted by molar-refractivity contribution is -0.139. The molecule has 0 N–H and O–H groups in total. The second-order valence-electron chi connectivity index (χ2n) is 3.87. The van der Waals surface area contributed by atoms with Crippen LogP contribution in [0.15, 0.2) is 24.4 Å². The zero-order valence-electron chi connectivity index (χ0n) is 9.12. The molecule has 0 spiro atoms. The molecule has 18 heavy (non-hydrogen) atoms. The van der Waals surface area contributed by atoms with E-state index in [1.54, 1.807) is 6.07 Å². The van der Waals surface area contributed by atoms with Crippen molar-refractivity contribution >= 4 is 10.8 Å². The summed E-state index contributed by atoms with van der Waals surface area (Å²) >= 11 is 0. The third kappa shape index (κ3) is 1.73. The summed E-state index contributed by atoms with van der Waals surface area (Å²) in [6.07, 6.45) is -3.34. The topological polar surface area (TPSA) is 31.4 Å². The van der Waals surface area contributed by atoms with Crippen LogP contribution in [-0.4, -0.2) is 18.2 Å². The van der Waals surface area contributed by atoms with E-state index in [-0.39, 0.29) is 5.39 Å². The first-order chi connectivity index (χ1) is 8.55. The van der Waals surface area contributed by atoms with Crippen LogP contribution in [0.3, 0.4) is 0 Å². The second-order valence-corrected chi connectivity index (χ2v) is 3.87. The number of ether oxygens (including phenoxy) is 2. The number of alkyl halides is 3. The number of fused-ring (bicyclic) bond motifs is 2. The van der Waals surface area contributed by atoms with Crippen molar-refractivity contribution in [2.45, 2.75) is 6.18 Å². The number of aromatic nitrogens is 1. The molecular weight excluding hydrogens is 247 g/mol. The van der Waals surface area contributed by atoms with Crippen LogP contribution in [0.25, 0.3) is 10.8 Å². The minimum absolute atomic E-state index is 0.0225. The number of hydrogen-bond acceptors (Lipinski definition) is 3. The van der Waals surface area contributed by atoms with Gasteiger partial charge in [-0.3, -0.25) is 4.98 Å². The molecule has 0 unspecified atom stereocenters. The Labute approximate surface area is 100 Å². The SMILES string of the molecule is FC(F)(F)c1nccc2cc3c(cc12)OCCO3. The molecule has 1 aromatic heterocycles. The lowest BCUT2D eigenvalue weighted by Gasteiger charge is -2.19. The standard InChI is InChI=1S/C12H8F3NO2/c13-12(14,15)11-8-6-10-9(17-3-4-18-10)5-7(8)1-2-16-11/h1-2,5-6H,3-4H2. The number of halogens is 3. The van der Waals surface area contributed by atoms with E-state index in [4.69, 9.17) is 9.47 Å². The molecule has 0 saturated carbocycles. The van der Waals surface area contributed by atoms with E-state index in [1.165, 1.54) is 12.1 Å². The van der Waals surface area contributed by atoms with Gasteiger partial charge in [0, 0.05) is 11.6 Å². The van der Waals surface area contributed by atoms with Crippen LogP contribution >= 0.6 is 0 Å². The molecule has 0 amide bonds. The average Bonchev–Trinajstić information content (AvgIpc) is 2.34. The number of rotatable bonds is 0. The predicted molar refractivity (Wildman–Crippen MR) is 57.7 cm³/mol. The Balaban J connectivity index is 2.28. The lowest BCUT2D eigenvalue weighted by Crippen LogP contribution is -2.15. The molecule has 0 atom stereocenters. The normalized spacial score (nSPS) is 14.8. The first kappa shape index (κ1) is 11.1. The van der Waals surface area contributed by atoms with Crippen LogP contribution in [0, 0.1) is 0 Å². The number of pyridine rings is 1. The highest BCUT2D eigenvalue weighted by Crippen LogP contribution is 2.39. The van der Waals surface area contributed by atoms with Crippen LogP contribution in [0.2, 0.25) is 0 Å². The van der Waals surface area contributed by atoms with Crippen molar-refractivity contribution in [1.29, 1.82) is 0 Å². The minimum atomic E-state index is -4.48. The van der Waals surface area contributed by atoms with Gasteiger partial charge in [0.25, 0.3) is 0 Å². The van der Waals surface area contributed by atoms with E-state index in [0.29, 0.717) is 30.1 Å². The summed E-state index contributed by atoms with van der Waals surface area (Å²) < 4.78 is 49.1. The third-order valence-electron chi connectivity index (χ3n) is 2.70. The maximum Gasteiger partial charge on any atom is 0.433 e. The molecule has 0 fully saturated rings. The molecule has 3 nitrogen and oxygen atoms in total. The average molecular weight is 255 g/mol. The monoisotopic (exact) mass is 255 g/mol. The fraction of sp³-hybridized carbons (Fsp3) is 0.250. The van der Waals surface area contributed by atoms with Crippen molar-refractivity contribution in [2.75, 3.05) is 13.2 Å². The number of nitrogens with zero attached hydrogens (tertiary/aromatic N) is 1. The highest BCUT2D eigenvalue weighted by Gasteiger charge is 2.34. The first-order valence-corrected chi connectivity index (χ1v) is 5.31. The Hall–Kier alpha value is -1.98. The maximum atomic E-state index is 12.8. The number of benzene rings is 1. The van der Waals surface area contributed by atoms with Gasteiger partial charge >= 0.3 is 6.18 Å². The fourth-order valence-electron chi connectivity index (χ4n) is 1.94. The van der Waals surface area contributed by atoms with E-state index in [2.05, 4.69) is 4.98 Å². The van der Waals surface area contributed by atoms with E-state index in [1.807, 2.05) is 0 Å². The van der Waals surface area contributed by atoms with Gasteiger partial charge in [-0.1, -0.05) is 0 Å². The second kappa shape index (κ2) is 3.76. The smallest absolute Gasteiger partial charge is 0.433 e. The summed E-state index contributed by atoms with van der Waals surface area (Å²) in [7, 11) is 0. The molecule has 2 aromatic rings. The fourth-order valence-corrected chi connectivity index (χ4v) is 1.94. The van der Waals surface area contributed by atoms with Gasteiger partial charge in [-0.2, -0.15) is 13.2 Å². The van der Waals surface area contributed by atoms with Crippen molar-refractivity contribution < 1.29 is 22.6 Å². The van der Waals surface area contributed by atoms with Gasteiger partial charge in [0.05, 0.1) is 0 Å². The molecule has 6 heteroatoms. The van der Waals surface area contributed by atoms with Crippen molar-refractivity contribution in [1.82, 2.24) is 4.98 Å². The zero-order valence-corrected chi connectivity index (χ0v) is 9.12. The van der Waals surface area contributed by atoms with Crippen LogP contribution in [0.5, 0.6) is 11.5 Å². The van der Waals surface area contributed by atoms with Gasteiger partial charge in [-0.05, 0) is 23.6 Å².